The number of carbonyl (C=O) groups excluding carboxylic acids is 1. The second kappa shape index (κ2) is 6.15. The van der Waals surface area contributed by atoms with Crippen molar-refractivity contribution in [1.82, 2.24) is 9.88 Å². The molecule has 0 unspecified atom stereocenters. The number of anilines is 3. The van der Waals surface area contributed by atoms with Crippen LogP contribution < -0.4 is 10.2 Å². The van der Waals surface area contributed by atoms with E-state index in [1.54, 1.807) is 6.20 Å². The van der Waals surface area contributed by atoms with E-state index in [0.717, 1.165) is 36.7 Å². The maximum absolute atomic E-state index is 12.4. The Morgan fingerprint density at radius 3 is 2.82 bits per heavy atom. The Balaban J connectivity index is 2.02. The number of para-hydroxylation sites is 1. The van der Waals surface area contributed by atoms with Crippen LogP contribution in [0.4, 0.5) is 17.2 Å². The highest BCUT2D eigenvalue weighted by atomic mass is 16.1. The monoisotopic (exact) mass is 296 g/mol. The smallest absolute Gasteiger partial charge is 0.257 e. The van der Waals surface area contributed by atoms with E-state index in [2.05, 4.69) is 34.2 Å². The topological polar surface area (TPSA) is 48.5 Å². The first-order valence-corrected chi connectivity index (χ1v) is 7.44. The van der Waals surface area contributed by atoms with Gasteiger partial charge < -0.3 is 15.1 Å². The van der Waals surface area contributed by atoms with Gasteiger partial charge in [0.15, 0.2) is 5.82 Å². The van der Waals surface area contributed by atoms with E-state index in [0.29, 0.717) is 5.56 Å². The van der Waals surface area contributed by atoms with Crippen molar-refractivity contribution >= 4 is 23.1 Å². The molecule has 1 aromatic heterocycles. The second-order valence-corrected chi connectivity index (χ2v) is 5.65. The molecule has 0 aliphatic carbocycles. The lowest BCUT2D eigenvalue weighted by molar-refractivity contribution is 0.102. The van der Waals surface area contributed by atoms with Gasteiger partial charge in [-0.15, -0.1) is 0 Å². The molecule has 0 radical (unpaired) electrons. The third kappa shape index (κ3) is 2.80. The number of amides is 1. The minimum absolute atomic E-state index is 0.0834. The zero-order chi connectivity index (χ0) is 15.5. The van der Waals surface area contributed by atoms with Crippen LogP contribution in [0.25, 0.3) is 0 Å². The molecular formula is C17H20N4O. The zero-order valence-electron chi connectivity index (χ0n) is 12.9. The fraction of sp³-hybridized carbons (Fsp3) is 0.294. The summed E-state index contributed by atoms with van der Waals surface area (Å²) in [6.07, 6.45) is 2.75. The second-order valence-electron chi connectivity index (χ2n) is 5.65. The van der Waals surface area contributed by atoms with Crippen LogP contribution in [0.1, 0.15) is 16.8 Å². The highest BCUT2D eigenvalue weighted by molar-refractivity contribution is 6.11. The first kappa shape index (κ1) is 14.5. The summed E-state index contributed by atoms with van der Waals surface area (Å²) < 4.78 is 0. The molecule has 0 spiro atoms. The Morgan fingerprint density at radius 2 is 2.00 bits per heavy atom. The third-order valence-corrected chi connectivity index (χ3v) is 3.72. The van der Waals surface area contributed by atoms with Gasteiger partial charge in [0.25, 0.3) is 5.91 Å². The molecular weight excluding hydrogens is 276 g/mol. The quantitative estimate of drug-likeness (QED) is 0.942. The molecule has 1 aromatic carbocycles. The molecule has 5 nitrogen and oxygen atoms in total. The largest absolute Gasteiger partial charge is 0.324 e. The number of benzene rings is 1. The molecule has 1 amide bonds. The van der Waals surface area contributed by atoms with Gasteiger partial charge in [-0.2, -0.15) is 0 Å². The van der Waals surface area contributed by atoms with Crippen LogP contribution in [0.3, 0.4) is 0 Å². The summed E-state index contributed by atoms with van der Waals surface area (Å²) in [7, 11) is 4.13. The fourth-order valence-electron chi connectivity index (χ4n) is 2.69. The normalized spacial score (nSPS) is 13.4. The van der Waals surface area contributed by atoms with Crippen LogP contribution in [-0.4, -0.2) is 43.0 Å². The van der Waals surface area contributed by atoms with Crippen LogP contribution >= 0.6 is 0 Å². The Hall–Kier alpha value is -2.40. The lowest BCUT2D eigenvalue weighted by Gasteiger charge is -2.25. The number of fused-ring (bicyclic) bond motifs is 2. The van der Waals surface area contributed by atoms with Crippen molar-refractivity contribution < 1.29 is 4.79 Å². The van der Waals surface area contributed by atoms with Gasteiger partial charge in [0, 0.05) is 12.7 Å². The minimum Gasteiger partial charge on any atom is -0.324 e. The summed E-state index contributed by atoms with van der Waals surface area (Å²) in [5.74, 6) is 0.722. The first-order valence-electron chi connectivity index (χ1n) is 7.44. The van der Waals surface area contributed by atoms with Crippen LogP contribution in [0.15, 0.2) is 42.6 Å². The van der Waals surface area contributed by atoms with Gasteiger partial charge in [-0.05, 0) is 51.3 Å². The Kier molecular flexibility index (Phi) is 4.06. The Morgan fingerprint density at radius 1 is 1.18 bits per heavy atom. The lowest BCUT2D eigenvalue weighted by Crippen LogP contribution is -2.24. The molecule has 0 bridgehead atoms. The molecule has 1 N–H and O–H groups in total. The van der Waals surface area contributed by atoms with E-state index in [9.17, 15) is 4.79 Å². The predicted molar refractivity (Wildman–Crippen MR) is 88.8 cm³/mol. The Labute approximate surface area is 130 Å². The summed E-state index contributed by atoms with van der Waals surface area (Å²) in [6, 6.07) is 11.4. The molecule has 114 valence electrons. The average molecular weight is 296 g/mol. The molecule has 0 atom stereocenters. The molecule has 3 rings (SSSR count). The van der Waals surface area contributed by atoms with Crippen molar-refractivity contribution in [3.63, 3.8) is 0 Å². The van der Waals surface area contributed by atoms with Crippen LogP contribution in [-0.2, 0) is 0 Å². The van der Waals surface area contributed by atoms with Gasteiger partial charge >= 0.3 is 0 Å². The minimum atomic E-state index is -0.0834. The summed E-state index contributed by atoms with van der Waals surface area (Å²) in [5, 5.41) is 2.95. The fourth-order valence-corrected chi connectivity index (χ4v) is 2.69. The molecule has 5 heteroatoms. The van der Waals surface area contributed by atoms with Crippen LogP contribution in [0.5, 0.6) is 0 Å². The number of aromatic nitrogens is 1. The van der Waals surface area contributed by atoms with Crippen molar-refractivity contribution in [3.05, 3.63) is 48.2 Å². The maximum Gasteiger partial charge on any atom is 0.257 e. The van der Waals surface area contributed by atoms with Gasteiger partial charge in [0.1, 0.15) is 0 Å². The summed E-state index contributed by atoms with van der Waals surface area (Å²) >= 11 is 0. The summed E-state index contributed by atoms with van der Waals surface area (Å²) in [5.41, 5.74) is 2.36. The molecule has 0 fully saturated rings. The number of rotatable bonds is 4. The molecule has 1 aliphatic rings. The van der Waals surface area contributed by atoms with E-state index in [1.807, 2.05) is 36.4 Å². The number of nitrogens with zero attached hydrogens (tertiary/aromatic N) is 3. The van der Waals surface area contributed by atoms with Gasteiger partial charge in [-0.1, -0.05) is 12.1 Å². The number of hydrogen-bond acceptors (Lipinski definition) is 4. The highest BCUT2D eigenvalue weighted by Crippen LogP contribution is 2.35. The first-order chi connectivity index (χ1) is 10.7. The number of pyridine rings is 1. The molecule has 2 heterocycles. The van der Waals surface area contributed by atoms with Gasteiger partial charge in [-0.3, -0.25) is 4.79 Å². The van der Waals surface area contributed by atoms with Crippen LogP contribution in [0, 0.1) is 0 Å². The number of carbonyl (C=O) groups is 1. The summed E-state index contributed by atoms with van der Waals surface area (Å²) in [6.45, 7) is 1.80. The van der Waals surface area contributed by atoms with E-state index in [4.69, 9.17) is 0 Å². The standard InChI is InChI=1S/C17H20N4O/c1-20(2)11-6-12-21-15-9-4-3-7-13(15)17(22)19-14-8-5-10-18-16(14)21/h3-5,7-10H,6,11-12H2,1-2H3,(H,19,22). The van der Waals surface area contributed by atoms with Crippen molar-refractivity contribution in [2.24, 2.45) is 0 Å². The molecule has 0 saturated heterocycles. The zero-order valence-corrected chi connectivity index (χ0v) is 12.9. The predicted octanol–water partition coefficient (Wildman–Crippen LogP) is 2.74. The van der Waals surface area contributed by atoms with Crippen molar-refractivity contribution in [2.75, 3.05) is 37.4 Å². The van der Waals surface area contributed by atoms with Crippen LogP contribution in [0.2, 0.25) is 0 Å². The number of nitrogens with one attached hydrogen (secondary N) is 1. The van der Waals surface area contributed by atoms with E-state index in [1.165, 1.54) is 0 Å². The van der Waals surface area contributed by atoms with E-state index < -0.39 is 0 Å². The maximum atomic E-state index is 12.4. The van der Waals surface area contributed by atoms with Gasteiger partial charge in [0.2, 0.25) is 0 Å². The molecule has 22 heavy (non-hydrogen) atoms. The van der Waals surface area contributed by atoms with Crippen molar-refractivity contribution in [1.29, 1.82) is 0 Å². The number of hydrogen-bond donors (Lipinski definition) is 1. The molecule has 0 saturated carbocycles. The Bertz CT molecular complexity index is 684. The van der Waals surface area contributed by atoms with E-state index in [-0.39, 0.29) is 5.91 Å². The van der Waals surface area contributed by atoms with Gasteiger partial charge in [-0.25, -0.2) is 4.98 Å². The molecule has 1 aliphatic heterocycles. The van der Waals surface area contributed by atoms with Crippen molar-refractivity contribution in [2.45, 2.75) is 6.42 Å². The lowest BCUT2D eigenvalue weighted by atomic mass is 10.1. The van der Waals surface area contributed by atoms with Crippen molar-refractivity contribution in [3.8, 4) is 0 Å². The highest BCUT2D eigenvalue weighted by Gasteiger charge is 2.25. The van der Waals surface area contributed by atoms with E-state index >= 15 is 0 Å². The summed E-state index contributed by atoms with van der Waals surface area (Å²) in [4.78, 5) is 21.2. The van der Waals surface area contributed by atoms with Gasteiger partial charge in [0.05, 0.1) is 16.9 Å². The average Bonchev–Trinajstić information content (AvgIpc) is 2.63. The molecule has 2 aromatic rings. The third-order valence-electron chi connectivity index (χ3n) is 3.72. The SMILES string of the molecule is CN(C)CCCN1c2ccccc2C(=O)Nc2cccnc21.